The number of hydrogen-bond donors (Lipinski definition) is 1. The molecule has 2 aromatic carbocycles. The standard InChI is InChI=1S/C15H15BrClNO/c1-10(11-4-3-5-12(16)8-11)18-15-9-13(19-2)6-7-14(15)17/h3-10,18H,1-2H3. The molecule has 0 saturated heterocycles. The average Bonchev–Trinajstić information content (AvgIpc) is 2.41. The van der Waals surface area contributed by atoms with E-state index in [1.54, 1.807) is 7.11 Å². The number of ether oxygens (including phenoxy) is 1. The number of nitrogens with one attached hydrogen (secondary N) is 1. The lowest BCUT2D eigenvalue weighted by atomic mass is 10.1. The van der Waals surface area contributed by atoms with E-state index in [0.717, 1.165) is 15.9 Å². The molecule has 2 nitrogen and oxygen atoms in total. The molecule has 0 radical (unpaired) electrons. The molecule has 2 rings (SSSR count). The van der Waals surface area contributed by atoms with Crippen LogP contribution < -0.4 is 10.1 Å². The Kier molecular flexibility index (Phi) is 4.72. The minimum atomic E-state index is 0.155. The Morgan fingerprint density at radius 1 is 1.21 bits per heavy atom. The van der Waals surface area contributed by atoms with Crippen molar-refractivity contribution in [1.82, 2.24) is 0 Å². The number of rotatable bonds is 4. The van der Waals surface area contributed by atoms with Crippen molar-refractivity contribution >= 4 is 33.2 Å². The van der Waals surface area contributed by atoms with Crippen molar-refractivity contribution in [3.05, 3.63) is 57.5 Å². The lowest BCUT2D eigenvalue weighted by Crippen LogP contribution is -2.07. The van der Waals surface area contributed by atoms with Gasteiger partial charge in [-0.3, -0.25) is 0 Å². The fourth-order valence-electron chi connectivity index (χ4n) is 1.83. The zero-order valence-electron chi connectivity index (χ0n) is 10.8. The van der Waals surface area contributed by atoms with Gasteiger partial charge in [-0.05, 0) is 36.8 Å². The summed E-state index contributed by atoms with van der Waals surface area (Å²) in [6.45, 7) is 2.09. The quantitative estimate of drug-likeness (QED) is 0.817. The third kappa shape index (κ3) is 3.64. The fraction of sp³-hybridized carbons (Fsp3) is 0.200. The van der Waals surface area contributed by atoms with Gasteiger partial charge in [0.25, 0.3) is 0 Å². The van der Waals surface area contributed by atoms with E-state index in [4.69, 9.17) is 16.3 Å². The number of hydrogen-bond acceptors (Lipinski definition) is 2. The predicted octanol–water partition coefficient (Wildman–Crippen LogP) is 5.28. The van der Waals surface area contributed by atoms with Crippen LogP contribution in [0.3, 0.4) is 0 Å². The van der Waals surface area contributed by atoms with Gasteiger partial charge in [-0.1, -0.05) is 39.7 Å². The molecule has 1 unspecified atom stereocenters. The maximum Gasteiger partial charge on any atom is 0.121 e. The lowest BCUT2D eigenvalue weighted by molar-refractivity contribution is 0.415. The monoisotopic (exact) mass is 339 g/mol. The van der Waals surface area contributed by atoms with Gasteiger partial charge in [0.05, 0.1) is 17.8 Å². The highest BCUT2D eigenvalue weighted by Gasteiger charge is 2.09. The highest BCUT2D eigenvalue weighted by Crippen LogP contribution is 2.30. The Balaban J connectivity index is 2.21. The highest BCUT2D eigenvalue weighted by molar-refractivity contribution is 9.10. The molecule has 0 spiro atoms. The zero-order chi connectivity index (χ0) is 13.8. The van der Waals surface area contributed by atoms with Crippen LogP contribution in [0.1, 0.15) is 18.5 Å². The topological polar surface area (TPSA) is 21.3 Å². The fourth-order valence-corrected chi connectivity index (χ4v) is 2.42. The van der Waals surface area contributed by atoms with Gasteiger partial charge >= 0.3 is 0 Å². The van der Waals surface area contributed by atoms with Gasteiger partial charge in [0.1, 0.15) is 5.75 Å². The molecule has 0 heterocycles. The summed E-state index contributed by atoms with van der Waals surface area (Å²) in [5.41, 5.74) is 2.06. The van der Waals surface area contributed by atoms with Crippen LogP contribution in [0.25, 0.3) is 0 Å². The number of halogens is 2. The summed E-state index contributed by atoms with van der Waals surface area (Å²) < 4.78 is 6.28. The van der Waals surface area contributed by atoms with Crippen LogP contribution in [-0.4, -0.2) is 7.11 Å². The normalized spacial score (nSPS) is 12.0. The first kappa shape index (κ1) is 14.2. The SMILES string of the molecule is COc1ccc(Cl)c(NC(C)c2cccc(Br)c2)c1. The molecule has 0 saturated carbocycles. The van der Waals surface area contributed by atoms with Crippen LogP contribution >= 0.6 is 27.5 Å². The van der Waals surface area contributed by atoms with Crippen LogP contribution in [0.4, 0.5) is 5.69 Å². The van der Waals surface area contributed by atoms with E-state index in [-0.39, 0.29) is 6.04 Å². The molecule has 1 atom stereocenters. The molecule has 0 aromatic heterocycles. The van der Waals surface area contributed by atoms with E-state index >= 15 is 0 Å². The summed E-state index contributed by atoms with van der Waals surface area (Å²) in [7, 11) is 1.64. The van der Waals surface area contributed by atoms with E-state index in [9.17, 15) is 0 Å². The summed E-state index contributed by atoms with van der Waals surface area (Å²) in [6.07, 6.45) is 0. The molecule has 0 aliphatic heterocycles. The molecule has 0 aliphatic rings. The number of methoxy groups -OCH3 is 1. The van der Waals surface area contributed by atoms with E-state index in [2.05, 4.69) is 40.3 Å². The van der Waals surface area contributed by atoms with Crippen molar-refractivity contribution in [2.24, 2.45) is 0 Å². The Bertz CT molecular complexity index is 574. The molecule has 100 valence electrons. The van der Waals surface area contributed by atoms with Gasteiger partial charge in [-0.2, -0.15) is 0 Å². The van der Waals surface area contributed by atoms with E-state index < -0.39 is 0 Å². The van der Waals surface area contributed by atoms with Gasteiger partial charge < -0.3 is 10.1 Å². The molecular weight excluding hydrogens is 326 g/mol. The molecular formula is C15H15BrClNO. The van der Waals surface area contributed by atoms with Crippen LogP contribution in [-0.2, 0) is 0 Å². The molecule has 2 aromatic rings. The molecule has 1 N–H and O–H groups in total. The van der Waals surface area contributed by atoms with E-state index in [1.807, 2.05) is 30.3 Å². The van der Waals surface area contributed by atoms with Gasteiger partial charge in [0.15, 0.2) is 0 Å². The maximum atomic E-state index is 6.19. The van der Waals surface area contributed by atoms with Crippen molar-refractivity contribution in [3.63, 3.8) is 0 Å². The molecule has 4 heteroatoms. The van der Waals surface area contributed by atoms with Crippen LogP contribution in [0.5, 0.6) is 5.75 Å². The second-order valence-electron chi connectivity index (χ2n) is 4.27. The Hall–Kier alpha value is -1.19. The predicted molar refractivity (Wildman–Crippen MR) is 84.2 cm³/mol. The van der Waals surface area contributed by atoms with Crippen LogP contribution in [0, 0.1) is 0 Å². The largest absolute Gasteiger partial charge is 0.497 e. The Morgan fingerprint density at radius 3 is 2.68 bits per heavy atom. The van der Waals surface area contributed by atoms with E-state index in [0.29, 0.717) is 5.02 Å². The van der Waals surface area contributed by atoms with Gasteiger partial charge in [-0.15, -0.1) is 0 Å². The number of benzene rings is 2. The van der Waals surface area contributed by atoms with Crippen molar-refractivity contribution < 1.29 is 4.74 Å². The zero-order valence-corrected chi connectivity index (χ0v) is 13.1. The third-order valence-corrected chi connectivity index (χ3v) is 3.72. The Labute approximate surface area is 126 Å². The van der Waals surface area contributed by atoms with Gasteiger partial charge in [0, 0.05) is 16.6 Å². The summed E-state index contributed by atoms with van der Waals surface area (Å²) in [4.78, 5) is 0. The molecule has 0 aliphatic carbocycles. The lowest BCUT2D eigenvalue weighted by Gasteiger charge is -2.17. The van der Waals surface area contributed by atoms with E-state index in [1.165, 1.54) is 5.56 Å². The molecule has 0 fully saturated rings. The second-order valence-corrected chi connectivity index (χ2v) is 5.59. The summed E-state index contributed by atoms with van der Waals surface area (Å²) in [6, 6.07) is 13.9. The van der Waals surface area contributed by atoms with Gasteiger partial charge in [0.2, 0.25) is 0 Å². The minimum absolute atomic E-state index is 0.155. The van der Waals surface area contributed by atoms with Crippen molar-refractivity contribution in [1.29, 1.82) is 0 Å². The first-order valence-electron chi connectivity index (χ1n) is 5.95. The van der Waals surface area contributed by atoms with Crippen LogP contribution in [0.2, 0.25) is 5.02 Å². The Morgan fingerprint density at radius 2 is 2.00 bits per heavy atom. The first-order chi connectivity index (χ1) is 9.10. The smallest absolute Gasteiger partial charge is 0.121 e. The molecule has 0 bridgehead atoms. The average molecular weight is 341 g/mol. The highest BCUT2D eigenvalue weighted by atomic mass is 79.9. The van der Waals surface area contributed by atoms with Crippen molar-refractivity contribution in [2.75, 3.05) is 12.4 Å². The van der Waals surface area contributed by atoms with Crippen molar-refractivity contribution in [3.8, 4) is 5.75 Å². The third-order valence-electron chi connectivity index (χ3n) is 2.89. The molecule has 19 heavy (non-hydrogen) atoms. The summed E-state index contributed by atoms with van der Waals surface area (Å²) in [5, 5.41) is 4.08. The number of anilines is 1. The molecule has 0 amide bonds. The first-order valence-corrected chi connectivity index (χ1v) is 7.13. The van der Waals surface area contributed by atoms with Gasteiger partial charge in [-0.25, -0.2) is 0 Å². The summed E-state index contributed by atoms with van der Waals surface area (Å²) in [5.74, 6) is 0.786. The summed E-state index contributed by atoms with van der Waals surface area (Å²) >= 11 is 9.67. The van der Waals surface area contributed by atoms with Crippen molar-refractivity contribution in [2.45, 2.75) is 13.0 Å². The minimum Gasteiger partial charge on any atom is -0.497 e. The van der Waals surface area contributed by atoms with Crippen LogP contribution in [0.15, 0.2) is 46.9 Å². The second kappa shape index (κ2) is 6.31. The maximum absolute atomic E-state index is 6.19.